The van der Waals surface area contributed by atoms with Gasteiger partial charge in [0.15, 0.2) is 0 Å². The molecule has 18 heavy (non-hydrogen) atoms. The van der Waals surface area contributed by atoms with E-state index in [1.54, 1.807) is 6.92 Å². The van der Waals surface area contributed by atoms with E-state index in [1.807, 2.05) is 0 Å². The fourth-order valence-corrected chi connectivity index (χ4v) is 2.63. The molecule has 0 fully saturated rings. The van der Waals surface area contributed by atoms with Crippen LogP contribution in [0.1, 0.15) is 34.1 Å². The lowest BCUT2D eigenvalue weighted by atomic mass is 9.72. The SMILES string of the molecule is CCC1(C)C(C(=N)C(F)(F)F)=C(C)C(F)(F)C1C. The van der Waals surface area contributed by atoms with Gasteiger partial charge in [0.25, 0.3) is 5.92 Å². The van der Waals surface area contributed by atoms with Gasteiger partial charge in [-0.1, -0.05) is 20.8 Å². The van der Waals surface area contributed by atoms with Crippen molar-refractivity contribution in [1.29, 1.82) is 5.41 Å². The number of alkyl halides is 5. The summed E-state index contributed by atoms with van der Waals surface area (Å²) in [4.78, 5) is 0. The molecule has 1 rings (SSSR count). The maximum atomic E-state index is 13.9. The topological polar surface area (TPSA) is 23.9 Å². The lowest BCUT2D eigenvalue weighted by molar-refractivity contribution is -0.0610. The second kappa shape index (κ2) is 4.03. The zero-order chi connectivity index (χ0) is 14.5. The standard InChI is InChI=1S/C12H16F5N/c1-5-10(4)7(3)11(13,14)6(2)8(10)9(18)12(15,16)17/h7,18H,5H2,1-4H3. The number of rotatable bonds is 2. The van der Waals surface area contributed by atoms with Crippen LogP contribution < -0.4 is 0 Å². The predicted molar refractivity (Wildman–Crippen MR) is 59.0 cm³/mol. The van der Waals surface area contributed by atoms with Gasteiger partial charge >= 0.3 is 6.18 Å². The van der Waals surface area contributed by atoms with Gasteiger partial charge in [0.2, 0.25) is 0 Å². The molecule has 0 saturated heterocycles. The lowest BCUT2D eigenvalue weighted by Gasteiger charge is -2.33. The summed E-state index contributed by atoms with van der Waals surface area (Å²) >= 11 is 0. The molecule has 1 aliphatic carbocycles. The summed E-state index contributed by atoms with van der Waals surface area (Å²) < 4.78 is 65.7. The minimum Gasteiger partial charge on any atom is -0.296 e. The molecule has 1 aliphatic rings. The summed E-state index contributed by atoms with van der Waals surface area (Å²) in [5.74, 6) is -4.54. The van der Waals surface area contributed by atoms with Crippen molar-refractivity contribution >= 4 is 5.71 Å². The van der Waals surface area contributed by atoms with E-state index in [0.29, 0.717) is 0 Å². The summed E-state index contributed by atoms with van der Waals surface area (Å²) in [6, 6.07) is 0. The van der Waals surface area contributed by atoms with Crippen LogP contribution in [0.2, 0.25) is 0 Å². The second-order valence-corrected chi connectivity index (χ2v) is 4.99. The first-order valence-corrected chi connectivity index (χ1v) is 5.66. The molecule has 2 unspecified atom stereocenters. The van der Waals surface area contributed by atoms with Gasteiger partial charge in [-0.15, -0.1) is 0 Å². The van der Waals surface area contributed by atoms with Crippen LogP contribution in [0.5, 0.6) is 0 Å². The van der Waals surface area contributed by atoms with Gasteiger partial charge < -0.3 is 0 Å². The van der Waals surface area contributed by atoms with E-state index in [-0.39, 0.29) is 6.42 Å². The summed E-state index contributed by atoms with van der Waals surface area (Å²) in [5, 5.41) is 7.18. The molecule has 0 aromatic heterocycles. The zero-order valence-corrected chi connectivity index (χ0v) is 10.7. The molecule has 2 atom stereocenters. The molecule has 0 radical (unpaired) electrons. The van der Waals surface area contributed by atoms with E-state index >= 15 is 0 Å². The van der Waals surface area contributed by atoms with Crippen molar-refractivity contribution in [2.24, 2.45) is 11.3 Å². The van der Waals surface area contributed by atoms with E-state index in [1.165, 1.54) is 13.8 Å². The van der Waals surface area contributed by atoms with Gasteiger partial charge in [-0.2, -0.15) is 13.2 Å². The average molecular weight is 269 g/mol. The third-order valence-electron chi connectivity index (χ3n) is 4.21. The van der Waals surface area contributed by atoms with Gasteiger partial charge in [0.1, 0.15) is 5.71 Å². The Kier molecular flexibility index (Phi) is 3.39. The summed E-state index contributed by atoms with van der Waals surface area (Å²) in [6.45, 7) is 5.17. The number of hydrogen-bond donors (Lipinski definition) is 1. The monoisotopic (exact) mass is 269 g/mol. The smallest absolute Gasteiger partial charge is 0.296 e. The molecule has 104 valence electrons. The van der Waals surface area contributed by atoms with E-state index in [4.69, 9.17) is 5.41 Å². The Morgan fingerprint density at radius 3 is 2.11 bits per heavy atom. The van der Waals surface area contributed by atoms with Crippen molar-refractivity contribution < 1.29 is 22.0 Å². The fourth-order valence-electron chi connectivity index (χ4n) is 2.63. The molecule has 0 aromatic carbocycles. The summed E-state index contributed by atoms with van der Waals surface area (Å²) in [7, 11) is 0. The lowest BCUT2D eigenvalue weighted by Crippen LogP contribution is -2.36. The molecule has 6 heteroatoms. The first-order chi connectivity index (χ1) is 7.90. The van der Waals surface area contributed by atoms with E-state index in [2.05, 4.69) is 0 Å². The Bertz CT molecular complexity index is 407. The van der Waals surface area contributed by atoms with Crippen molar-refractivity contribution in [2.75, 3.05) is 0 Å². The Morgan fingerprint density at radius 1 is 1.33 bits per heavy atom. The highest BCUT2D eigenvalue weighted by Gasteiger charge is 2.60. The Labute approximate surface area is 103 Å². The molecule has 0 amide bonds. The van der Waals surface area contributed by atoms with Crippen LogP contribution in [0.3, 0.4) is 0 Å². The third kappa shape index (κ3) is 1.86. The number of halogens is 5. The molecular formula is C12H16F5N. The van der Waals surface area contributed by atoms with Gasteiger partial charge in [0.05, 0.1) is 0 Å². The Hall–Kier alpha value is -0.940. The van der Waals surface area contributed by atoms with Gasteiger partial charge in [-0.3, -0.25) is 5.41 Å². The van der Waals surface area contributed by atoms with E-state index in [0.717, 1.165) is 6.92 Å². The molecule has 0 spiro atoms. The number of hydrogen-bond acceptors (Lipinski definition) is 1. The van der Waals surface area contributed by atoms with Crippen molar-refractivity contribution in [3.8, 4) is 0 Å². The van der Waals surface area contributed by atoms with Crippen molar-refractivity contribution in [3.63, 3.8) is 0 Å². The molecule has 1 N–H and O–H groups in total. The maximum Gasteiger partial charge on any atom is 0.432 e. The third-order valence-corrected chi connectivity index (χ3v) is 4.21. The van der Waals surface area contributed by atoms with Gasteiger partial charge in [0, 0.05) is 16.9 Å². The molecule has 0 saturated carbocycles. The van der Waals surface area contributed by atoms with Gasteiger partial charge in [-0.25, -0.2) is 8.78 Å². The Morgan fingerprint density at radius 2 is 1.78 bits per heavy atom. The maximum absolute atomic E-state index is 13.9. The zero-order valence-electron chi connectivity index (χ0n) is 10.7. The van der Waals surface area contributed by atoms with Crippen LogP contribution >= 0.6 is 0 Å². The minimum atomic E-state index is -4.90. The fraction of sp³-hybridized carbons (Fsp3) is 0.750. The summed E-state index contributed by atoms with van der Waals surface area (Å²) in [6.07, 6.45) is -4.76. The largest absolute Gasteiger partial charge is 0.432 e. The first-order valence-electron chi connectivity index (χ1n) is 5.66. The molecule has 0 heterocycles. The van der Waals surface area contributed by atoms with Crippen LogP contribution in [0.15, 0.2) is 11.1 Å². The highest BCUT2D eigenvalue weighted by atomic mass is 19.4. The van der Waals surface area contributed by atoms with Gasteiger partial charge in [-0.05, 0) is 18.9 Å². The van der Waals surface area contributed by atoms with E-state index < -0.39 is 40.3 Å². The quantitative estimate of drug-likeness (QED) is 0.560. The van der Waals surface area contributed by atoms with Crippen LogP contribution in [0.25, 0.3) is 0 Å². The average Bonchev–Trinajstić information content (AvgIpc) is 2.37. The van der Waals surface area contributed by atoms with Crippen LogP contribution in [0, 0.1) is 16.7 Å². The van der Waals surface area contributed by atoms with Crippen molar-refractivity contribution in [1.82, 2.24) is 0 Å². The van der Waals surface area contributed by atoms with Crippen LogP contribution in [-0.4, -0.2) is 17.8 Å². The molecule has 1 nitrogen and oxygen atoms in total. The molecule has 0 aliphatic heterocycles. The minimum absolute atomic E-state index is 0.134. The highest BCUT2D eigenvalue weighted by molar-refractivity contribution is 6.04. The second-order valence-electron chi connectivity index (χ2n) is 4.99. The number of allylic oxidation sites excluding steroid dienone is 2. The molecular weight excluding hydrogens is 253 g/mol. The molecule has 0 aromatic rings. The first kappa shape index (κ1) is 15.1. The van der Waals surface area contributed by atoms with Crippen molar-refractivity contribution in [2.45, 2.75) is 46.2 Å². The van der Waals surface area contributed by atoms with Crippen LogP contribution in [0.4, 0.5) is 22.0 Å². The van der Waals surface area contributed by atoms with Crippen LogP contribution in [-0.2, 0) is 0 Å². The molecule has 0 bridgehead atoms. The van der Waals surface area contributed by atoms with E-state index in [9.17, 15) is 22.0 Å². The Balaban J connectivity index is 3.47. The summed E-state index contributed by atoms with van der Waals surface area (Å²) in [5.41, 5.74) is -4.13. The normalized spacial score (nSPS) is 31.9. The van der Waals surface area contributed by atoms with Crippen molar-refractivity contribution in [3.05, 3.63) is 11.1 Å². The highest BCUT2D eigenvalue weighted by Crippen LogP contribution is 2.58. The predicted octanol–water partition coefficient (Wildman–Crippen LogP) is 4.59. The number of nitrogens with one attached hydrogen (secondary N) is 1.